The first-order chi connectivity index (χ1) is 12.7. The summed E-state index contributed by atoms with van der Waals surface area (Å²) < 4.78 is 33.9. The van der Waals surface area contributed by atoms with Crippen molar-refractivity contribution < 1.29 is 17.9 Å². The van der Waals surface area contributed by atoms with Crippen LogP contribution >= 0.6 is 0 Å². The molecule has 0 saturated carbocycles. The van der Waals surface area contributed by atoms with Crippen molar-refractivity contribution in [2.45, 2.75) is 38.5 Å². The van der Waals surface area contributed by atoms with E-state index in [1.807, 2.05) is 20.8 Å². The molecule has 0 unspecified atom stereocenters. The number of benzene rings is 2. The predicted molar refractivity (Wildman–Crippen MR) is 106 cm³/mol. The predicted octanol–water partition coefficient (Wildman–Crippen LogP) is 3.41. The number of ether oxygens (including phenoxy) is 1. The van der Waals surface area contributed by atoms with Crippen molar-refractivity contribution in [3.8, 4) is 5.75 Å². The van der Waals surface area contributed by atoms with Crippen molar-refractivity contribution in [2.75, 3.05) is 23.3 Å². The number of aryl methyl sites for hydroxylation is 3. The van der Waals surface area contributed by atoms with E-state index < -0.39 is 10.0 Å². The minimum atomic E-state index is -3.73. The van der Waals surface area contributed by atoms with Gasteiger partial charge in [0.25, 0.3) is 10.0 Å². The molecule has 0 saturated heterocycles. The number of carbonyl (C=O) groups excluding carboxylic acids is 1. The third-order valence-electron chi connectivity index (χ3n) is 4.71. The van der Waals surface area contributed by atoms with Crippen molar-refractivity contribution in [1.29, 1.82) is 0 Å². The smallest absolute Gasteiger partial charge is 0.261 e. The molecule has 0 bridgehead atoms. The first kappa shape index (κ1) is 19.2. The molecule has 0 fully saturated rings. The molecule has 27 heavy (non-hydrogen) atoms. The van der Waals surface area contributed by atoms with Gasteiger partial charge in [0, 0.05) is 24.8 Å². The molecule has 2 aromatic carbocycles. The zero-order valence-electron chi connectivity index (χ0n) is 16.0. The Bertz CT molecular complexity index is 976. The van der Waals surface area contributed by atoms with Crippen LogP contribution in [0.4, 0.5) is 11.4 Å². The molecule has 2 aromatic rings. The largest absolute Gasteiger partial charge is 0.493 e. The Labute approximate surface area is 160 Å². The number of rotatable bonds is 5. The number of carbonyl (C=O) groups is 1. The highest BCUT2D eigenvalue weighted by atomic mass is 32.2. The van der Waals surface area contributed by atoms with E-state index in [0.29, 0.717) is 25.1 Å². The highest BCUT2D eigenvalue weighted by Crippen LogP contribution is 2.31. The molecular weight excluding hydrogens is 364 g/mol. The molecule has 1 N–H and O–H groups in total. The Kier molecular flexibility index (Phi) is 5.15. The van der Waals surface area contributed by atoms with Crippen LogP contribution in [0.15, 0.2) is 35.2 Å². The molecule has 6 nitrogen and oxygen atoms in total. The second kappa shape index (κ2) is 7.23. The maximum absolute atomic E-state index is 12.8. The topological polar surface area (TPSA) is 75.7 Å². The maximum atomic E-state index is 12.8. The van der Waals surface area contributed by atoms with Crippen LogP contribution in [0.25, 0.3) is 0 Å². The number of nitrogens with one attached hydrogen (secondary N) is 1. The van der Waals surface area contributed by atoms with E-state index in [1.54, 1.807) is 42.3 Å². The molecular formula is C20H24N2O4S. The molecule has 1 amide bonds. The quantitative estimate of drug-likeness (QED) is 0.852. The Balaban J connectivity index is 1.90. The lowest BCUT2D eigenvalue weighted by Crippen LogP contribution is -2.31. The van der Waals surface area contributed by atoms with Crippen molar-refractivity contribution in [3.05, 3.63) is 47.0 Å². The summed E-state index contributed by atoms with van der Waals surface area (Å²) in [7, 11) is -2.00. The summed E-state index contributed by atoms with van der Waals surface area (Å²) in [6, 6.07) is 8.49. The summed E-state index contributed by atoms with van der Waals surface area (Å²) >= 11 is 0. The van der Waals surface area contributed by atoms with E-state index >= 15 is 0 Å². The normalized spacial score (nSPS) is 14.1. The van der Waals surface area contributed by atoms with Gasteiger partial charge in [-0.25, -0.2) is 8.42 Å². The Morgan fingerprint density at radius 1 is 1.11 bits per heavy atom. The van der Waals surface area contributed by atoms with Gasteiger partial charge in [0.05, 0.1) is 11.5 Å². The summed E-state index contributed by atoms with van der Waals surface area (Å²) in [5.74, 6) is 0.786. The molecule has 0 aliphatic carbocycles. The lowest BCUT2D eigenvalue weighted by atomic mass is 10.0. The van der Waals surface area contributed by atoms with Gasteiger partial charge >= 0.3 is 0 Å². The third kappa shape index (κ3) is 3.78. The van der Waals surface area contributed by atoms with Crippen LogP contribution in [0.2, 0.25) is 0 Å². The van der Waals surface area contributed by atoms with Gasteiger partial charge in [-0.15, -0.1) is 0 Å². The van der Waals surface area contributed by atoms with Crippen LogP contribution < -0.4 is 14.4 Å². The molecule has 0 radical (unpaired) electrons. The van der Waals surface area contributed by atoms with E-state index in [2.05, 4.69) is 4.72 Å². The highest BCUT2D eigenvalue weighted by molar-refractivity contribution is 7.92. The summed E-state index contributed by atoms with van der Waals surface area (Å²) in [6.07, 6.45) is 1.03. The van der Waals surface area contributed by atoms with Gasteiger partial charge < -0.3 is 9.64 Å². The molecule has 1 heterocycles. The van der Waals surface area contributed by atoms with E-state index in [1.165, 1.54) is 0 Å². The van der Waals surface area contributed by atoms with Crippen molar-refractivity contribution in [3.63, 3.8) is 0 Å². The maximum Gasteiger partial charge on any atom is 0.261 e. The zero-order valence-corrected chi connectivity index (χ0v) is 16.8. The summed E-state index contributed by atoms with van der Waals surface area (Å²) in [5.41, 5.74) is 3.82. The Morgan fingerprint density at radius 3 is 2.41 bits per heavy atom. The van der Waals surface area contributed by atoms with E-state index in [4.69, 9.17) is 4.74 Å². The fraction of sp³-hybridized carbons (Fsp3) is 0.350. The first-order valence-electron chi connectivity index (χ1n) is 8.89. The number of hydrogen-bond acceptors (Lipinski definition) is 4. The Hall–Kier alpha value is -2.54. The van der Waals surface area contributed by atoms with Gasteiger partial charge in [-0.05, 0) is 74.2 Å². The van der Waals surface area contributed by atoms with Crippen LogP contribution in [0.5, 0.6) is 5.75 Å². The monoisotopic (exact) mass is 388 g/mol. The van der Waals surface area contributed by atoms with E-state index in [-0.39, 0.29) is 10.8 Å². The SMILES string of the molecule is CCOc1c(C)cc(S(=O)(=O)Nc2ccc3c(c2)CCC(=O)N3C)cc1C. The molecule has 1 aliphatic rings. The number of anilines is 2. The molecule has 3 rings (SSSR count). The van der Waals surface area contributed by atoms with Crippen molar-refractivity contribution in [2.24, 2.45) is 0 Å². The standard InChI is InChI=1S/C20H24N2O4S/c1-5-26-20-13(2)10-17(11-14(20)3)27(24,25)21-16-7-8-18-15(12-16)6-9-19(23)22(18)4/h7-8,10-12,21H,5-6,9H2,1-4H3. The van der Waals surface area contributed by atoms with Crippen LogP contribution in [0, 0.1) is 13.8 Å². The van der Waals surface area contributed by atoms with Crippen LogP contribution in [-0.4, -0.2) is 28.0 Å². The first-order valence-corrected chi connectivity index (χ1v) is 10.4. The van der Waals surface area contributed by atoms with E-state index in [9.17, 15) is 13.2 Å². The summed E-state index contributed by atoms with van der Waals surface area (Å²) in [5, 5.41) is 0. The lowest BCUT2D eigenvalue weighted by Gasteiger charge is -2.26. The Morgan fingerprint density at radius 2 is 1.78 bits per heavy atom. The molecule has 1 aliphatic heterocycles. The third-order valence-corrected chi connectivity index (χ3v) is 6.07. The molecule has 0 aromatic heterocycles. The van der Waals surface area contributed by atoms with Gasteiger partial charge in [0.2, 0.25) is 5.91 Å². The van der Waals surface area contributed by atoms with Gasteiger partial charge in [0.15, 0.2) is 0 Å². The van der Waals surface area contributed by atoms with Crippen molar-refractivity contribution >= 4 is 27.3 Å². The second-order valence-corrected chi connectivity index (χ2v) is 8.40. The van der Waals surface area contributed by atoms with Gasteiger partial charge in [-0.2, -0.15) is 0 Å². The number of nitrogens with zero attached hydrogens (tertiary/aromatic N) is 1. The number of amides is 1. The second-order valence-electron chi connectivity index (χ2n) is 6.72. The summed E-state index contributed by atoms with van der Waals surface area (Å²) in [6.45, 7) is 6.09. The molecule has 7 heteroatoms. The average Bonchev–Trinajstić information content (AvgIpc) is 2.61. The number of sulfonamides is 1. The zero-order chi connectivity index (χ0) is 19.8. The minimum absolute atomic E-state index is 0.0659. The van der Waals surface area contributed by atoms with Crippen molar-refractivity contribution in [1.82, 2.24) is 0 Å². The molecule has 0 spiro atoms. The number of fused-ring (bicyclic) bond motifs is 1. The molecule has 144 valence electrons. The highest BCUT2D eigenvalue weighted by Gasteiger charge is 2.22. The number of hydrogen-bond donors (Lipinski definition) is 1. The summed E-state index contributed by atoms with van der Waals surface area (Å²) in [4.78, 5) is 13.6. The molecule has 0 atom stereocenters. The van der Waals surface area contributed by atoms with Crippen LogP contribution in [0.1, 0.15) is 30.0 Å². The van der Waals surface area contributed by atoms with Gasteiger partial charge in [-0.1, -0.05) is 0 Å². The fourth-order valence-corrected chi connectivity index (χ4v) is 4.59. The van der Waals surface area contributed by atoms with Gasteiger partial charge in [0.1, 0.15) is 5.75 Å². The van der Waals surface area contributed by atoms with Gasteiger partial charge in [-0.3, -0.25) is 9.52 Å². The minimum Gasteiger partial charge on any atom is -0.493 e. The van der Waals surface area contributed by atoms with E-state index in [0.717, 1.165) is 28.1 Å². The van der Waals surface area contributed by atoms with Crippen LogP contribution in [-0.2, 0) is 21.2 Å². The average molecular weight is 388 g/mol. The van der Waals surface area contributed by atoms with Crippen LogP contribution in [0.3, 0.4) is 0 Å². The lowest BCUT2D eigenvalue weighted by molar-refractivity contribution is -0.118. The fourth-order valence-electron chi connectivity index (χ4n) is 3.37.